The summed E-state index contributed by atoms with van der Waals surface area (Å²) in [4.78, 5) is 25.7. The molecule has 5 heteroatoms. The van der Waals surface area contributed by atoms with Gasteiger partial charge in [0, 0.05) is 13.6 Å². The highest BCUT2D eigenvalue weighted by Crippen LogP contribution is 2.27. The summed E-state index contributed by atoms with van der Waals surface area (Å²) in [5.74, 6) is -0.318. The van der Waals surface area contributed by atoms with Crippen LogP contribution in [0.1, 0.15) is 23.8 Å². The van der Waals surface area contributed by atoms with E-state index in [-0.39, 0.29) is 17.9 Å². The zero-order valence-corrected chi connectivity index (χ0v) is 11.6. The summed E-state index contributed by atoms with van der Waals surface area (Å²) < 4.78 is 0. The third-order valence-electron chi connectivity index (χ3n) is 3.39. The smallest absolute Gasteiger partial charge is 0.245 e. The molecule has 1 aromatic carbocycles. The normalized spacial score (nSPS) is 20.1. The van der Waals surface area contributed by atoms with E-state index in [0.717, 1.165) is 12.0 Å². The zero-order chi connectivity index (χ0) is 13.8. The number of carbonyl (C=O) groups excluding carboxylic acids is 2. The third kappa shape index (κ3) is 2.89. The number of likely N-dealkylation sites (tertiary alicyclic amines) is 1. The molecule has 0 bridgehead atoms. The SMILES string of the molecule is CNC(=O)C1CCCN1C(=O)C(Cl)c1ccccc1. The number of hydrogen-bond acceptors (Lipinski definition) is 2. The van der Waals surface area contributed by atoms with E-state index in [1.807, 2.05) is 30.3 Å². The number of rotatable bonds is 3. The summed E-state index contributed by atoms with van der Waals surface area (Å²) >= 11 is 6.23. The van der Waals surface area contributed by atoms with E-state index in [9.17, 15) is 9.59 Å². The number of hydrogen-bond donors (Lipinski definition) is 1. The highest BCUT2D eigenvalue weighted by molar-refractivity contribution is 6.30. The molecule has 2 atom stereocenters. The molecular formula is C14H17ClN2O2. The molecule has 0 aromatic heterocycles. The van der Waals surface area contributed by atoms with Crippen LogP contribution in [-0.4, -0.2) is 36.3 Å². The fourth-order valence-corrected chi connectivity index (χ4v) is 2.65. The summed E-state index contributed by atoms with van der Waals surface area (Å²) in [7, 11) is 1.58. The Morgan fingerprint density at radius 1 is 1.37 bits per heavy atom. The molecule has 19 heavy (non-hydrogen) atoms. The molecule has 1 N–H and O–H groups in total. The molecule has 1 aliphatic rings. The second-order valence-corrected chi connectivity index (χ2v) is 5.01. The minimum absolute atomic E-state index is 0.122. The molecule has 0 spiro atoms. The van der Waals surface area contributed by atoms with Crippen molar-refractivity contribution in [1.29, 1.82) is 0 Å². The van der Waals surface area contributed by atoms with Gasteiger partial charge in [0.25, 0.3) is 0 Å². The summed E-state index contributed by atoms with van der Waals surface area (Å²) in [6, 6.07) is 8.82. The molecule has 1 fully saturated rings. The van der Waals surface area contributed by atoms with Crippen molar-refractivity contribution < 1.29 is 9.59 Å². The lowest BCUT2D eigenvalue weighted by atomic mass is 10.1. The molecule has 0 saturated carbocycles. The highest BCUT2D eigenvalue weighted by atomic mass is 35.5. The van der Waals surface area contributed by atoms with E-state index < -0.39 is 5.38 Å². The first-order valence-electron chi connectivity index (χ1n) is 6.36. The molecule has 4 nitrogen and oxygen atoms in total. The Bertz CT molecular complexity index is 464. The number of likely N-dealkylation sites (N-methyl/N-ethyl adjacent to an activating group) is 1. The third-order valence-corrected chi connectivity index (χ3v) is 3.83. The van der Waals surface area contributed by atoms with E-state index in [1.54, 1.807) is 11.9 Å². The molecular weight excluding hydrogens is 264 g/mol. The van der Waals surface area contributed by atoms with Crippen molar-refractivity contribution >= 4 is 23.4 Å². The Morgan fingerprint density at radius 2 is 2.05 bits per heavy atom. The number of carbonyl (C=O) groups is 2. The Morgan fingerprint density at radius 3 is 2.68 bits per heavy atom. The first kappa shape index (κ1) is 13.9. The summed E-state index contributed by atoms with van der Waals surface area (Å²) in [6.45, 7) is 0.590. The quantitative estimate of drug-likeness (QED) is 0.857. The molecule has 1 heterocycles. The Hall–Kier alpha value is -1.55. The molecule has 102 valence electrons. The average Bonchev–Trinajstić information content (AvgIpc) is 2.95. The van der Waals surface area contributed by atoms with E-state index in [0.29, 0.717) is 13.0 Å². The van der Waals surface area contributed by atoms with Crippen LogP contribution in [0.5, 0.6) is 0 Å². The van der Waals surface area contributed by atoms with Gasteiger partial charge in [-0.25, -0.2) is 0 Å². The van der Waals surface area contributed by atoms with Gasteiger partial charge in [-0.1, -0.05) is 30.3 Å². The fourth-order valence-electron chi connectivity index (χ4n) is 2.38. The van der Waals surface area contributed by atoms with Crippen molar-refractivity contribution in [1.82, 2.24) is 10.2 Å². The minimum Gasteiger partial charge on any atom is -0.357 e. The van der Waals surface area contributed by atoms with E-state index in [4.69, 9.17) is 11.6 Å². The Labute approximate surface area is 117 Å². The first-order valence-corrected chi connectivity index (χ1v) is 6.80. The maximum Gasteiger partial charge on any atom is 0.245 e. The lowest BCUT2D eigenvalue weighted by Crippen LogP contribution is -2.45. The van der Waals surface area contributed by atoms with Crippen LogP contribution in [0.2, 0.25) is 0 Å². The average molecular weight is 281 g/mol. The van der Waals surface area contributed by atoms with Crippen LogP contribution < -0.4 is 5.32 Å². The largest absolute Gasteiger partial charge is 0.357 e. The second kappa shape index (κ2) is 6.06. The van der Waals surface area contributed by atoms with Gasteiger partial charge in [-0.3, -0.25) is 9.59 Å². The maximum absolute atomic E-state index is 12.4. The number of benzene rings is 1. The first-order chi connectivity index (χ1) is 9.15. The molecule has 1 aliphatic heterocycles. The van der Waals surface area contributed by atoms with Gasteiger partial charge in [-0.15, -0.1) is 11.6 Å². The van der Waals surface area contributed by atoms with Crippen LogP contribution >= 0.6 is 11.6 Å². The van der Waals surface area contributed by atoms with E-state index in [1.165, 1.54) is 0 Å². The molecule has 1 saturated heterocycles. The topological polar surface area (TPSA) is 49.4 Å². The number of amides is 2. The minimum atomic E-state index is -0.730. The van der Waals surface area contributed by atoms with Gasteiger partial charge in [-0.2, -0.15) is 0 Å². The van der Waals surface area contributed by atoms with Gasteiger partial charge >= 0.3 is 0 Å². The number of nitrogens with one attached hydrogen (secondary N) is 1. The van der Waals surface area contributed by atoms with Crippen LogP contribution in [0, 0.1) is 0 Å². The monoisotopic (exact) mass is 280 g/mol. The zero-order valence-electron chi connectivity index (χ0n) is 10.8. The molecule has 2 unspecified atom stereocenters. The van der Waals surface area contributed by atoms with Gasteiger partial charge in [0.1, 0.15) is 11.4 Å². The lowest BCUT2D eigenvalue weighted by Gasteiger charge is -2.25. The van der Waals surface area contributed by atoms with Crippen molar-refractivity contribution in [3.8, 4) is 0 Å². The van der Waals surface area contributed by atoms with Crippen LogP contribution in [0.3, 0.4) is 0 Å². The van der Waals surface area contributed by atoms with Gasteiger partial charge < -0.3 is 10.2 Å². The van der Waals surface area contributed by atoms with E-state index in [2.05, 4.69) is 5.32 Å². The van der Waals surface area contributed by atoms with Crippen molar-refractivity contribution in [3.05, 3.63) is 35.9 Å². The van der Waals surface area contributed by atoms with Crippen molar-refractivity contribution in [2.45, 2.75) is 24.3 Å². The van der Waals surface area contributed by atoms with Crippen LogP contribution in [0.4, 0.5) is 0 Å². The van der Waals surface area contributed by atoms with E-state index >= 15 is 0 Å². The molecule has 2 amide bonds. The Balaban J connectivity index is 2.13. The molecule has 2 rings (SSSR count). The predicted octanol–water partition coefficient (Wildman–Crippen LogP) is 1.70. The second-order valence-electron chi connectivity index (χ2n) is 4.58. The Kier molecular flexibility index (Phi) is 4.43. The van der Waals surface area contributed by atoms with Crippen LogP contribution in [0.25, 0.3) is 0 Å². The molecule has 0 aliphatic carbocycles. The number of nitrogens with zero attached hydrogens (tertiary/aromatic N) is 1. The molecule has 1 aromatic rings. The van der Waals surface area contributed by atoms with Gasteiger partial charge in [0.2, 0.25) is 11.8 Å². The number of halogens is 1. The predicted molar refractivity (Wildman–Crippen MR) is 73.8 cm³/mol. The summed E-state index contributed by atoms with van der Waals surface area (Å²) in [5.41, 5.74) is 0.761. The highest BCUT2D eigenvalue weighted by Gasteiger charge is 2.36. The van der Waals surface area contributed by atoms with Crippen molar-refractivity contribution in [2.75, 3.05) is 13.6 Å². The van der Waals surface area contributed by atoms with Crippen molar-refractivity contribution in [3.63, 3.8) is 0 Å². The van der Waals surface area contributed by atoms with Crippen LogP contribution in [-0.2, 0) is 9.59 Å². The van der Waals surface area contributed by atoms with Gasteiger partial charge in [-0.05, 0) is 18.4 Å². The van der Waals surface area contributed by atoms with Crippen molar-refractivity contribution in [2.24, 2.45) is 0 Å². The molecule has 0 radical (unpaired) electrons. The maximum atomic E-state index is 12.4. The standard InChI is InChI=1S/C14H17ClN2O2/c1-16-13(18)11-8-5-9-17(11)14(19)12(15)10-6-3-2-4-7-10/h2-4,6-7,11-12H,5,8-9H2,1H3,(H,16,18). The summed E-state index contributed by atoms with van der Waals surface area (Å²) in [5, 5.41) is 1.86. The van der Waals surface area contributed by atoms with Gasteiger partial charge in [0.15, 0.2) is 0 Å². The van der Waals surface area contributed by atoms with Crippen LogP contribution in [0.15, 0.2) is 30.3 Å². The lowest BCUT2D eigenvalue weighted by molar-refractivity contribution is -0.138. The fraction of sp³-hybridized carbons (Fsp3) is 0.429. The summed E-state index contributed by atoms with van der Waals surface area (Å²) in [6.07, 6.45) is 1.53. The number of alkyl halides is 1. The van der Waals surface area contributed by atoms with Gasteiger partial charge in [0.05, 0.1) is 0 Å².